The van der Waals surface area contributed by atoms with E-state index in [2.05, 4.69) is 44.0 Å². The van der Waals surface area contributed by atoms with Gasteiger partial charge in [-0.3, -0.25) is 5.32 Å². The predicted octanol–water partition coefficient (Wildman–Crippen LogP) is 2.25. The summed E-state index contributed by atoms with van der Waals surface area (Å²) in [6.45, 7) is 14.7. The molecule has 1 N–H and O–H groups in total. The van der Waals surface area contributed by atoms with E-state index in [0.29, 0.717) is 5.92 Å². The molecule has 3 heteroatoms. The van der Waals surface area contributed by atoms with E-state index in [9.17, 15) is 5.26 Å². The van der Waals surface area contributed by atoms with Crippen molar-refractivity contribution in [2.24, 2.45) is 5.92 Å². The summed E-state index contributed by atoms with van der Waals surface area (Å²) in [6.07, 6.45) is 1.03. The molecule has 0 rings (SSSR count). The van der Waals surface area contributed by atoms with E-state index >= 15 is 0 Å². The lowest BCUT2D eigenvalue weighted by molar-refractivity contribution is 0.261. The van der Waals surface area contributed by atoms with Crippen molar-refractivity contribution in [1.29, 1.82) is 5.26 Å². The molecule has 0 aromatic heterocycles. The van der Waals surface area contributed by atoms with Crippen molar-refractivity contribution < 1.29 is 0 Å². The van der Waals surface area contributed by atoms with Crippen LogP contribution in [0.25, 0.3) is 0 Å². The average molecular weight is 225 g/mol. The van der Waals surface area contributed by atoms with Crippen molar-refractivity contribution in [3.8, 4) is 6.07 Å². The van der Waals surface area contributed by atoms with Gasteiger partial charge in [0.1, 0.15) is 5.54 Å². The summed E-state index contributed by atoms with van der Waals surface area (Å²) < 4.78 is 0. The van der Waals surface area contributed by atoms with Crippen LogP contribution in [-0.4, -0.2) is 36.6 Å². The molecule has 94 valence electrons. The molecule has 0 aromatic rings. The van der Waals surface area contributed by atoms with Crippen molar-refractivity contribution in [3.63, 3.8) is 0 Å². The van der Waals surface area contributed by atoms with E-state index in [1.165, 1.54) is 0 Å². The zero-order chi connectivity index (χ0) is 12.6. The summed E-state index contributed by atoms with van der Waals surface area (Å²) in [5, 5.41) is 12.6. The van der Waals surface area contributed by atoms with Crippen LogP contribution in [0.15, 0.2) is 0 Å². The Bertz CT molecular complexity index is 218. The lowest BCUT2D eigenvalue weighted by Gasteiger charge is -2.30. The van der Waals surface area contributed by atoms with Gasteiger partial charge in [-0.2, -0.15) is 5.26 Å². The van der Waals surface area contributed by atoms with Crippen LogP contribution in [0.4, 0.5) is 0 Å². The molecule has 0 saturated heterocycles. The third-order valence-corrected chi connectivity index (χ3v) is 3.64. The first kappa shape index (κ1) is 15.4. The smallest absolute Gasteiger partial charge is 0.106 e. The second-order valence-corrected chi connectivity index (χ2v) is 4.58. The largest absolute Gasteiger partial charge is 0.303 e. The Hall–Kier alpha value is -0.590. The highest BCUT2D eigenvalue weighted by Crippen LogP contribution is 2.18. The maximum Gasteiger partial charge on any atom is 0.106 e. The first-order valence-electron chi connectivity index (χ1n) is 6.42. The fourth-order valence-corrected chi connectivity index (χ4v) is 1.75. The van der Waals surface area contributed by atoms with Gasteiger partial charge in [0, 0.05) is 13.1 Å². The molecule has 16 heavy (non-hydrogen) atoms. The maximum absolute atomic E-state index is 9.24. The minimum atomic E-state index is -0.387. The highest BCUT2D eigenvalue weighted by molar-refractivity contribution is 5.06. The molecule has 2 unspecified atom stereocenters. The zero-order valence-electron chi connectivity index (χ0n) is 11.5. The lowest BCUT2D eigenvalue weighted by Crippen LogP contribution is -2.49. The molecule has 0 saturated carbocycles. The van der Waals surface area contributed by atoms with Crippen LogP contribution in [0, 0.1) is 17.2 Å². The second kappa shape index (κ2) is 7.65. The van der Waals surface area contributed by atoms with Gasteiger partial charge < -0.3 is 4.90 Å². The number of hydrogen-bond donors (Lipinski definition) is 1. The van der Waals surface area contributed by atoms with E-state index in [1.807, 2.05) is 6.92 Å². The van der Waals surface area contributed by atoms with Gasteiger partial charge in [0.2, 0.25) is 0 Å². The summed E-state index contributed by atoms with van der Waals surface area (Å²) in [5.41, 5.74) is -0.387. The number of nitrogens with one attached hydrogen (secondary N) is 1. The lowest BCUT2D eigenvalue weighted by atomic mass is 9.86. The quantitative estimate of drug-likeness (QED) is 0.688. The third-order valence-electron chi connectivity index (χ3n) is 3.64. The summed E-state index contributed by atoms with van der Waals surface area (Å²) >= 11 is 0. The summed E-state index contributed by atoms with van der Waals surface area (Å²) in [6, 6.07) is 2.41. The SMILES string of the molecule is CCC(C)C(C)(C#N)NCCN(CC)CC. The fraction of sp³-hybridized carbons (Fsp3) is 0.923. The van der Waals surface area contributed by atoms with Gasteiger partial charge in [0.05, 0.1) is 6.07 Å². The minimum absolute atomic E-state index is 0.384. The Kier molecular flexibility index (Phi) is 7.36. The number of likely N-dealkylation sites (N-methyl/N-ethyl adjacent to an activating group) is 1. The van der Waals surface area contributed by atoms with Crippen molar-refractivity contribution >= 4 is 0 Å². The average Bonchev–Trinajstić information content (AvgIpc) is 2.33. The molecule has 0 aromatic carbocycles. The first-order chi connectivity index (χ1) is 7.53. The Morgan fingerprint density at radius 3 is 2.25 bits per heavy atom. The van der Waals surface area contributed by atoms with Crippen LogP contribution < -0.4 is 5.32 Å². The summed E-state index contributed by atoms with van der Waals surface area (Å²) in [7, 11) is 0. The predicted molar refractivity (Wildman–Crippen MR) is 69.3 cm³/mol. The molecule has 0 bridgehead atoms. The molecular formula is C13H27N3. The highest BCUT2D eigenvalue weighted by atomic mass is 15.1. The number of rotatable bonds is 8. The van der Waals surface area contributed by atoms with E-state index in [4.69, 9.17) is 0 Å². The Morgan fingerprint density at radius 1 is 1.31 bits per heavy atom. The zero-order valence-corrected chi connectivity index (χ0v) is 11.5. The fourth-order valence-electron chi connectivity index (χ4n) is 1.75. The maximum atomic E-state index is 9.24. The Morgan fingerprint density at radius 2 is 1.88 bits per heavy atom. The molecule has 0 spiro atoms. The monoisotopic (exact) mass is 225 g/mol. The molecule has 0 amide bonds. The van der Waals surface area contributed by atoms with Crippen LogP contribution in [0.2, 0.25) is 0 Å². The van der Waals surface area contributed by atoms with E-state index < -0.39 is 0 Å². The third kappa shape index (κ3) is 4.51. The van der Waals surface area contributed by atoms with Crippen molar-refractivity contribution in [2.75, 3.05) is 26.2 Å². The second-order valence-electron chi connectivity index (χ2n) is 4.58. The number of nitriles is 1. The molecule has 0 aliphatic rings. The van der Waals surface area contributed by atoms with Crippen LogP contribution in [0.1, 0.15) is 41.0 Å². The molecule has 0 aliphatic heterocycles. The normalized spacial score (nSPS) is 16.8. The van der Waals surface area contributed by atoms with Gasteiger partial charge in [0.25, 0.3) is 0 Å². The van der Waals surface area contributed by atoms with Crippen LogP contribution >= 0.6 is 0 Å². The molecule has 0 aliphatic carbocycles. The standard InChI is InChI=1S/C13H27N3/c1-6-12(4)13(5,11-14)15-9-10-16(7-2)8-3/h12,15H,6-10H2,1-5H3. The van der Waals surface area contributed by atoms with E-state index in [1.54, 1.807) is 0 Å². The highest BCUT2D eigenvalue weighted by Gasteiger charge is 2.28. The van der Waals surface area contributed by atoms with Crippen LogP contribution in [0.5, 0.6) is 0 Å². The van der Waals surface area contributed by atoms with Gasteiger partial charge >= 0.3 is 0 Å². The Balaban J connectivity index is 4.11. The molecular weight excluding hydrogens is 198 g/mol. The summed E-state index contributed by atoms with van der Waals surface area (Å²) in [5.74, 6) is 0.384. The molecule has 3 nitrogen and oxygen atoms in total. The molecule has 0 fully saturated rings. The van der Waals surface area contributed by atoms with Crippen molar-refractivity contribution in [3.05, 3.63) is 0 Å². The van der Waals surface area contributed by atoms with E-state index in [0.717, 1.165) is 32.6 Å². The van der Waals surface area contributed by atoms with Gasteiger partial charge in [-0.15, -0.1) is 0 Å². The molecule has 2 atom stereocenters. The summed E-state index contributed by atoms with van der Waals surface area (Å²) in [4.78, 5) is 2.36. The minimum Gasteiger partial charge on any atom is -0.303 e. The van der Waals surface area contributed by atoms with Crippen LogP contribution in [-0.2, 0) is 0 Å². The molecule has 0 radical (unpaired) electrons. The van der Waals surface area contributed by atoms with Crippen molar-refractivity contribution in [2.45, 2.75) is 46.6 Å². The van der Waals surface area contributed by atoms with Gasteiger partial charge in [-0.05, 0) is 25.9 Å². The van der Waals surface area contributed by atoms with Crippen LogP contribution in [0.3, 0.4) is 0 Å². The van der Waals surface area contributed by atoms with E-state index in [-0.39, 0.29) is 5.54 Å². The van der Waals surface area contributed by atoms with Gasteiger partial charge in [-0.25, -0.2) is 0 Å². The number of nitrogens with zero attached hydrogens (tertiary/aromatic N) is 2. The van der Waals surface area contributed by atoms with Gasteiger partial charge in [0.15, 0.2) is 0 Å². The first-order valence-corrected chi connectivity index (χ1v) is 6.42. The Labute approximate surface area is 101 Å². The topological polar surface area (TPSA) is 39.1 Å². The molecule has 0 heterocycles. The van der Waals surface area contributed by atoms with Gasteiger partial charge in [-0.1, -0.05) is 34.1 Å². The number of hydrogen-bond acceptors (Lipinski definition) is 3. The van der Waals surface area contributed by atoms with Crippen molar-refractivity contribution in [1.82, 2.24) is 10.2 Å².